The van der Waals surface area contributed by atoms with Gasteiger partial charge in [0, 0.05) is 0 Å². The molecule has 0 spiro atoms. The summed E-state index contributed by atoms with van der Waals surface area (Å²) >= 11 is 0. The van der Waals surface area contributed by atoms with Crippen molar-refractivity contribution in [1.29, 1.82) is 0 Å². The van der Waals surface area contributed by atoms with Gasteiger partial charge in [-0.1, -0.05) is 43.0 Å². The fourth-order valence-electron chi connectivity index (χ4n) is 1.26. The van der Waals surface area contributed by atoms with Crippen molar-refractivity contribution in [2.24, 2.45) is 0 Å². The highest BCUT2D eigenvalue weighted by molar-refractivity contribution is 5.73. The highest BCUT2D eigenvalue weighted by atomic mass is 16.5. The van der Waals surface area contributed by atoms with Gasteiger partial charge in [-0.3, -0.25) is 4.79 Å². The third kappa shape index (κ3) is 3.73. The normalized spacial score (nSPS) is 9.88. The fourth-order valence-corrected chi connectivity index (χ4v) is 1.26. The second-order valence-electron chi connectivity index (χ2n) is 3.59. The minimum absolute atomic E-state index is 0.270. The van der Waals surface area contributed by atoms with Gasteiger partial charge in [-0.05, 0) is 24.6 Å². The van der Waals surface area contributed by atoms with Crippen molar-refractivity contribution in [3.8, 4) is 0 Å². The maximum absolute atomic E-state index is 11.5. The molecule has 2 nitrogen and oxygen atoms in total. The second-order valence-corrected chi connectivity index (χ2v) is 3.59. The smallest absolute Gasteiger partial charge is 0.311 e. The molecule has 0 aromatic heterocycles. The summed E-state index contributed by atoms with van der Waals surface area (Å²) in [5.41, 5.74) is 2.12. The quantitative estimate of drug-likeness (QED) is 0.559. The van der Waals surface area contributed by atoms with Crippen LogP contribution in [0.2, 0.25) is 0 Å². The molecule has 1 rings (SSSR count). The number of hydrogen-bond donors (Lipinski definition) is 0. The maximum atomic E-state index is 11.5. The van der Waals surface area contributed by atoms with E-state index in [1.165, 1.54) is 5.56 Å². The largest absolute Gasteiger partial charge is 0.454 e. The summed E-state index contributed by atoms with van der Waals surface area (Å²) in [5, 5.41) is 0. The third-order valence-electron chi connectivity index (χ3n) is 2.20. The molecule has 84 valence electrons. The van der Waals surface area contributed by atoms with Crippen molar-refractivity contribution in [2.45, 2.75) is 19.4 Å². The van der Waals surface area contributed by atoms with Gasteiger partial charge in [0.15, 0.2) is 0 Å². The number of rotatable bonds is 5. The number of carbonyl (C=O) groups is 1. The first kappa shape index (κ1) is 12.2. The Morgan fingerprint density at radius 1 is 1.31 bits per heavy atom. The van der Waals surface area contributed by atoms with Crippen LogP contribution in [0, 0.1) is 6.92 Å². The lowest BCUT2D eigenvalue weighted by atomic mass is 10.1. The maximum Gasteiger partial charge on any atom is 0.311 e. The van der Waals surface area contributed by atoms with Crippen molar-refractivity contribution >= 4 is 5.97 Å². The number of benzene rings is 1. The summed E-state index contributed by atoms with van der Waals surface area (Å²) in [4.78, 5) is 11.5. The SMILES string of the molecule is C=CC(C=C)OC(=O)Cc1ccc(C)cc1. The minimum Gasteiger partial charge on any atom is -0.454 e. The molecule has 1 aromatic carbocycles. The van der Waals surface area contributed by atoms with Crippen LogP contribution in [0.4, 0.5) is 0 Å². The van der Waals surface area contributed by atoms with Crippen molar-refractivity contribution in [3.05, 3.63) is 60.7 Å². The molecule has 0 N–H and O–H groups in total. The Morgan fingerprint density at radius 2 is 1.88 bits per heavy atom. The molecular formula is C14H16O2. The molecule has 2 heteroatoms. The molecule has 0 bridgehead atoms. The van der Waals surface area contributed by atoms with Crippen LogP contribution in [0.1, 0.15) is 11.1 Å². The Hall–Kier alpha value is -1.83. The monoisotopic (exact) mass is 216 g/mol. The van der Waals surface area contributed by atoms with E-state index in [-0.39, 0.29) is 12.4 Å². The van der Waals surface area contributed by atoms with Crippen LogP contribution in [-0.2, 0) is 16.0 Å². The summed E-state index contributed by atoms with van der Waals surface area (Å²) in [7, 11) is 0. The highest BCUT2D eigenvalue weighted by Gasteiger charge is 2.08. The number of hydrogen-bond acceptors (Lipinski definition) is 2. The summed E-state index contributed by atoms with van der Waals surface area (Å²) < 4.78 is 5.11. The van der Waals surface area contributed by atoms with E-state index in [9.17, 15) is 4.79 Å². The molecule has 0 unspecified atom stereocenters. The molecule has 0 aliphatic heterocycles. The number of aryl methyl sites for hydroxylation is 1. The molecule has 0 saturated heterocycles. The van der Waals surface area contributed by atoms with E-state index < -0.39 is 6.10 Å². The van der Waals surface area contributed by atoms with E-state index in [1.54, 1.807) is 12.2 Å². The zero-order valence-corrected chi connectivity index (χ0v) is 9.48. The Labute approximate surface area is 96.2 Å². The van der Waals surface area contributed by atoms with E-state index in [4.69, 9.17) is 4.74 Å². The van der Waals surface area contributed by atoms with Crippen LogP contribution in [0.5, 0.6) is 0 Å². The van der Waals surface area contributed by atoms with Crippen molar-refractivity contribution in [1.82, 2.24) is 0 Å². The number of esters is 1. The van der Waals surface area contributed by atoms with Gasteiger partial charge in [0.1, 0.15) is 6.10 Å². The van der Waals surface area contributed by atoms with Crippen LogP contribution < -0.4 is 0 Å². The average Bonchev–Trinajstić information content (AvgIpc) is 2.29. The first-order valence-corrected chi connectivity index (χ1v) is 5.16. The Kier molecular flexibility index (Phi) is 4.52. The van der Waals surface area contributed by atoms with E-state index in [0.717, 1.165) is 5.56 Å². The molecule has 0 atom stereocenters. The molecule has 0 radical (unpaired) electrons. The summed E-state index contributed by atoms with van der Waals surface area (Å²) in [6.07, 6.45) is 2.95. The van der Waals surface area contributed by atoms with Gasteiger partial charge in [-0.2, -0.15) is 0 Å². The van der Waals surface area contributed by atoms with Crippen LogP contribution in [-0.4, -0.2) is 12.1 Å². The van der Waals surface area contributed by atoms with Gasteiger partial charge in [0.05, 0.1) is 6.42 Å². The minimum atomic E-state index is -0.405. The lowest BCUT2D eigenvalue weighted by Crippen LogP contribution is -2.15. The fraction of sp³-hybridized carbons (Fsp3) is 0.214. The molecule has 0 aliphatic rings. The van der Waals surface area contributed by atoms with E-state index in [0.29, 0.717) is 0 Å². The Morgan fingerprint density at radius 3 is 2.38 bits per heavy atom. The standard InChI is InChI=1S/C14H16O2/c1-4-13(5-2)16-14(15)10-12-8-6-11(3)7-9-12/h4-9,13H,1-2,10H2,3H3. The van der Waals surface area contributed by atoms with Gasteiger partial charge in [0.25, 0.3) is 0 Å². The van der Waals surface area contributed by atoms with Crippen molar-refractivity contribution in [2.75, 3.05) is 0 Å². The van der Waals surface area contributed by atoms with E-state index in [2.05, 4.69) is 13.2 Å². The molecule has 16 heavy (non-hydrogen) atoms. The Balaban J connectivity index is 2.54. The van der Waals surface area contributed by atoms with Crippen LogP contribution in [0.3, 0.4) is 0 Å². The van der Waals surface area contributed by atoms with Gasteiger partial charge in [0.2, 0.25) is 0 Å². The lowest BCUT2D eigenvalue weighted by molar-refractivity contribution is -0.144. The van der Waals surface area contributed by atoms with E-state index in [1.807, 2.05) is 31.2 Å². The topological polar surface area (TPSA) is 26.3 Å². The lowest BCUT2D eigenvalue weighted by Gasteiger charge is -2.09. The average molecular weight is 216 g/mol. The molecule has 0 aliphatic carbocycles. The first-order valence-electron chi connectivity index (χ1n) is 5.16. The van der Waals surface area contributed by atoms with Crippen molar-refractivity contribution in [3.63, 3.8) is 0 Å². The predicted octanol–water partition coefficient (Wildman–Crippen LogP) is 2.82. The highest BCUT2D eigenvalue weighted by Crippen LogP contribution is 2.06. The summed E-state index contributed by atoms with van der Waals surface area (Å²) in [6, 6.07) is 7.79. The molecule has 0 fully saturated rings. The molecule has 0 amide bonds. The number of carbonyl (C=O) groups excluding carboxylic acids is 1. The zero-order valence-electron chi connectivity index (χ0n) is 9.48. The zero-order chi connectivity index (χ0) is 12.0. The second kappa shape index (κ2) is 5.91. The van der Waals surface area contributed by atoms with Gasteiger partial charge < -0.3 is 4.74 Å². The third-order valence-corrected chi connectivity index (χ3v) is 2.20. The molecule has 0 saturated carbocycles. The van der Waals surface area contributed by atoms with Crippen LogP contribution in [0.15, 0.2) is 49.6 Å². The number of ether oxygens (including phenoxy) is 1. The van der Waals surface area contributed by atoms with Crippen LogP contribution >= 0.6 is 0 Å². The summed E-state index contributed by atoms with van der Waals surface area (Å²) in [5.74, 6) is -0.270. The van der Waals surface area contributed by atoms with Crippen LogP contribution in [0.25, 0.3) is 0 Å². The van der Waals surface area contributed by atoms with Gasteiger partial charge >= 0.3 is 5.97 Å². The first-order chi connectivity index (χ1) is 7.65. The molecule has 0 heterocycles. The predicted molar refractivity (Wildman–Crippen MR) is 65.2 cm³/mol. The Bertz CT molecular complexity index is 368. The van der Waals surface area contributed by atoms with Crippen molar-refractivity contribution < 1.29 is 9.53 Å². The van der Waals surface area contributed by atoms with Gasteiger partial charge in [-0.25, -0.2) is 0 Å². The van der Waals surface area contributed by atoms with E-state index >= 15 is 0 Å². The summed E-state index contributed by atoms with van der Waals surface area (Å²) in [6.45, 7) is 9.12. The molecular weight excluding hydrogens is 200 g/mol. The molecule has 1 aromatic rings. The van der Waals surface area contributed by atoms with Gasteiger partial charge in [-0.15, -0.1) is 0 Å².